The van der Waals surface area contributed by atoms with Gasteiger partial charge in [0, 0.05) is 19.0 Å². The fourth-order valence-electron chi connectivity index (χ4n) is 9.70. The molecule has 2 fully saturated rings. The van der Waals surface area contributed by atoms with Gasteiger partial charge < -0.3 is 30.3 Å². The number of aryl methyl sites for hydroxylation is 1. The number of aromatic nitrogens is 3. The quantitative estimate of drug-likeness (QED) is 0.0404. The van der Waals surface area contributed by atoms with Crippen molar-refractivity contribution in [2.75, 3.05) is 26.4 Å². The molecule has 4 atom stereocenters. The third-order valence-electron chi connectivity index (χ3n) is 13.5. The zero-order chi connectivity index (χ0) is 42.1. The molecule has 1 aromatic rings. The van der Waals surface area contributed by atoms with Crippen LogP contribution in [0.5, 0.6) is 0 Å². The number of nitrogens with zero attached hydrogens (tertiary/aromatic N) is 3. The number of ether oxygens (including phenoxy) is 2. The summed E-state index contributed by atoms with van der Waals surface area (Å²) in [5.74, 6) is -0.646. The molecule has 3 aliphatic carbocycles. The molecule has 0 spiro atoms. The second-order valence-electron chi connectivity index (χ2n) is 17.9. The summed E-state index contributed by atoms with van der Waals surface area (Å²) >= 11 is 0. The van der Waals surface area contributed by atoms with Crippen LogP contribution in [0.4, 0.5) is 4.79 Å². The van der Waals surface area contributed by atoms with Gasteiger partial charge >= 0.3 is 18.0 Å². The lowest BCUT2D eigenvalue weighted by atomic mass is 9.76. The first-order valence-electron chi connectivity index (χ1n) is 23.9. The van der Waals surface area contributed by atoms with Crippen LogP contribution in [0, 0.1) is 23.2 Å². The molecule has 0 bridgehead atoms. The standard InChI is InChI=1S/C46H79N5O8/c1-2-3-4-5-6-8-11-14-20-29-46(44(55)56,30-21-15-12-9-7-10-13-19-24-42(52)53)43(54)47-31-33-58-34-32-51-41-28-26-38-37(25-27-40(41)49-50-51)39(38)35-59-45(57)48-36-22-17-16-18-23-36/h36-39H,2-35H2,1H3,(H,47,54)(H,48,57)(H,52,53)(H,55,56)/t37-,38+,39-,46?/m1/s1. The van der Waals surface area contributed by atoms with Crippen molar-refractivity contribution in [1.29, 1.82) is 0 Å². The summed E-state index contributed by atoms with van der Waals surface area (Å²) in [6.07, 6.45) is 27.5. The molecule has 1 unspecified atom stereocenters. The first-order chi connectivity index (χ1) is 28.7. The maximum absolute atomic E-state index is 13.7. The van der Waals surface area contributed by atoms with Crippen LogP contribution in [0.2, 0.25) is 0 Å². The number of hydrogen-bond donors (Lipinski definition) is 4. The van der Waals surface area contributed by atoms with Crippen LogP contribution >= 0.6 is 0 Å². The number of nitrogens with one attached hydrogen (secondary N) is 2. The number of hydrogen-bond acceptors (Lipinski definition) is 8. The average molecular weight is 830 g/mol. The van der Waals surface area contributed by atoms with Gasteiger partial charge in [-0.2, -0.15) is 0 Å². The second-order valence-corrected chi connectivity index (χ2v) is 17.9. The first kappa shape index (κ1) is 48.4. The molecule has 336 valence electrons. The lowest BCUT2D eigenvalue weighted by Crippen LogP contribution is -2.47. The van der Waals surface area contributed by atoms with Crippen molar-refractivity contribution in [2.24, 2.45) is 23.2 Å². The Balaban J connectivity index is 1.15. The van der Waals surface area contributed by atoms with Gasteiger partial charge in [-0.25, -0.2) is 9.48 Å². The van der Waals surface area contributed by atoms with E-state index in [4.69, 9.17) is 14.6 Å². The molecule has 1 heterocycles. The minimum Gasteiger partial charge on any atom is -0.481 e. The van der Waals surface area contributed by atoms with E-state index < -0.39 is 23.3 Å². The number of carboxylic acids is 2. The molecule has 13 nitrogen and oxygen atoms in total. The molecule has 13 heteroatoms. The molecule has 0 saturated heterocycles. The van der Waals surface area contributed by atoms with E-state index in [0.717, 1.165) is 114 Å². The summed E-state index contributed by atoms with van der Waals surface area (Å²) in [6.45, 7) is 4.19. The highest BCUT2D eigenvalue weighted by Gasteiger charge is 2.50. The minimum absolute atomic E-state index is 0.221. The zero-order valence-corrected chi connectivity index (χ0v) is 36.5. The highest BCUT2D eigenvalue weighted by molar-refractivity contribution is 6.01. The molecule has 4 rings (SSSR count). The van der Waals surface area contributed by atoms with E-state index in [1.165, 1.54) is 51.4 Å². The van der Waals surface area contributed by atoms with E-state index in [1.807, 2.05) is 4.68 Å². The Morgan fingerprint density at radius 2 is 1.34 bits per heavy atom. The number of unbranched alkanes of at least 4 members (excludes halogenated alkanes) is 15. The highest BCUT2D eigenvalue weighted by atomic mass is 16.5. The van der Waals surface area contributed by atoms with Crippen molar-refractivity contribution in [2.45, 2.75) is 206 Å². The molecule has 59 heavy (non-hydrogen) atoms. The van der Waals surface area contributed by atoms with Gasteiger partial charge in [0.2, 0.25) is 5.91 Å². The van der Waals surface area contributed by atoms with E-state index in [-0.39, 0.29) is 31.7 Å². The Bertz CT molecular complexity index is 1380. The van der Waals surface area contributed by atoms with Crippen molar-refractivity contribution in [3.8, 4) is 0 Å². The fourth-order valence-corrected chi connectivity index (χ4v) is 9.70. The van der Waals surface area contributed by atoms with Crippen molar-refractivity contribution >= 4 is 23.9 Å². The lowest BCUT2D eigenvalue weighted by molar-refractivity contribution is -0.157. The number of carbonyl (C=O) groups is 4. The monoisotopic (exact) mass is 830 g/mol. The summed E-state index contributed by atoms with van der Waals surface area (Å²) in [7, 11) is 0. The van der Waals surface area contributed by atoms with Gasteiger partial charge in [0.05, 0.1) is 37.8 Å². The average Bonchev–Trinajstić information content (AvgIpc) is 3.73. The molecule has 4 N–H and O–H groups in total. The number of rotatable bonds is 32. The van der Waals surface area contributed by atoms with Crippen LogP contribution in [-0.4, -0.2) is 81.6 Å². The molecule has 0 aliphatic heterocycles. The number of fused-ring (bicyclic) bond motifs is 2. The number of carbonyl (C=O) groups excluding carboxylic acids is 2. The van der Waals surface area contributed by atoms with Crippen LogP contribution in [0.1, 0.15) is 192 Å². The van der Waals surface area contributed by atoms with Crippen molar-refractivity contribution in [3.63, 3.8) is 0 Å². The Labute approximate surface area is 354 Å². The Hall–Kier alpha value is -3.22. The third-order valence-corrected chi connectivity index (χ3v) is 13.5. The number of carboxylic acid groups (broad SMARTS) is 2. The van der Waals surface area contributed by atoms with Gasteiger partial charge in [-0.1, -0.05) is 134 Å². The molecule has 0 aromatic carbocycles. The molecule has 2 amide bonds. The number of aliphatic carboxylic acids is 2. The maximum atomic E-state index is 13.7. The summed E-state index contributed by atoms with van der Waals surface area (Å²) in [6, 6.07) is 0.254. The van der Waals surface area contributed by atoms with Crippen LogP contribution < -0.4 is 10.6 Å². The van der Waals surface area contributed by atoms with E-state index in [1.54, 1.807) is 0 Å². The van der Waals surface area contributed by atoms with E-state index in [2.05, 4.69) is 27.9 Å². The topological polar surface area (TPSA) is 182 Å². The molecular weight excluding hydrogens is 751 g/mol. The van der Waals surface area contributed by atoms with E-state index >= 15 is 0 Å². The molecule has 0 radical (unpaired) electrons. The normalized spacial score (nSPS) is 20.1. The van der Waals surface area contributed by atoms with Crippen LogP contribution in [0.25, 0.3) is 0 Å². The van der Waals surface area contributed by atoms with Crippen molar-refractivity contribution < 1.29 is 38.9 Å². The molecule has 2 saturated carbocycles. The highest BCUT2D eigenvalue weighted by Crippen LogP contribution is 2.53. The first-order valence-corrected chi connectivity index (χ1v) is 23.9. The Morgan fingerprint density at radius 1 is 0.746 bits per heavy atom. The molecular formula is C46H79N5O8. The van der Waals surface area contributed by atoms with Crippen molar-refractivity contribution in [1.82, 2.24) is 25.6 Å². The van der Waals surface area contributed by atoms with Crippen LogP contribution in [-0.2, 0) is 43.2 Å². The predicted octanol–water partition coefficient (Wildman–Crippen LogP) is 9.19. The van der Waals surface area contributed by atoms with Gasteiger partial charge in [0.25, 0.3) is 0 Å². The summed E-state index contributed by atoms with van der Waals surface area (Å²) in [4.78, 5) is 49.7. The predicted molar refractivity (Wildman–Crippen MR) is 228 cm³/mol. The summed E-state index contributed by atoms with van der Waals surface area (Å²) in [5, 5.41) is 34.3. The Kier molecular flexibility index (Phi) is 22.7. The number of amides is 2. The van der Waals surface area contributed by atoms with Gasteiger partial charge in [-0.15, -0.1) is 5.10 Å². The largest absolute Gasteiger partial charge is 0.481 e. The summed E-state index contributed by atoms with van der Waals surface area (Å²) in [5.41, 5.74) is 0.755. The Morgan fingerprint density at radius 3 is 1.95 bits per heavy atom. The summed E-state index contributed by atoms with van der Waals surface area (Å²) < 4.78 is 13.6. The third kappa shape index (κ3) is 17.4. The SMILES string of the molecule is CCCCCCCCCCCC(CCCCCCCCCCC(=O)O)(C(=O)O)C(=O)NCCOCCn1nnc2c1CC[C@H]1[C@@H](CC2)[C@H]1COC(=O)NC1CCCCC1. The van der Waals surface area contributed by atoms with Gasteiger partial charge in [-0.3, -0.25) is 14.4 Å². The van der Waals surface area contributed by atoms with Gasteiger partial charge in [0.1, 0.15) is 5.41 Å². The minimum atomic E-state index is -1.44. The van der Waals surface area contributed by atoms with Crippen LogP contribution in [0.3, 0.4) is 0 Å². The number of alkyl carbamates (subject to hydrolysis) is 1. The molecule has 3 aliphatic rings. The van der Waals surface area contributed by atoms with E-state index in [0.29, 0.717) is 63.2 Å². The lowest BCUT2D eigenvalue weighted by Gasteiger charge is -2.28. The smallest absolute Gasteiger partial charge is 0.407 e. The van der Waals surface area contributed by atoms with Gasteiger partial charge in [0.15, 0.2) is 0 Å². The maximum Gasteiger partial charge on any atom is 0.407 e. The van der Waals surface area contributed by atoms with Gasteiger partial charge in [-0.05, 0) is 75.5 Å². The van der Waals surface area contributed by atoms with Crippen molar-refractivity contribution in [3.05, 3.63) is 11.4 Å². The zero-order valence-electron chi connectivity index (χ0n) is 36.5. The fraction of sp³-hybridized carbons (Fsp3) is 0.870. The van der Waals surface area contributed by atoms with E-state index in [9.17, 15) is 24.3 Å². The second kappa shape index (κ2) is 27.6. The van der Waals surface area contributed by atoms with Crippen LogP contribution in [0.15, 0.2) is 0 Å². The molecule has 1 aromatic heterocycles.